The van der Waals surface area contributed by atoms with Gasteiger partial charge in [0.1, 0.15) is 16.4 Å². The molecular weight excluding hydrogens is 483 g/mol. The molecule has 0 N–H and O–H groups in total. The van der Waals surface area contributed by atoms with Gasteiger partial charge in [-0.25, -0.2) is 0 Å². The number of alkyl halides is 3. The second-order valence-electron chi connectivity index (χ2n) is 9.28. The molecule has 0 aliphatic heterocycles. The molecule has 1 aromatic heterocycles. The van der Waals surface area contributed by atoms with Crippen molar-refractivity contribution in [3.63, 3.8) is 0 Å². The predicted molar refractivity (Wildman–Crippen MR) is 123 cm³/mol. The van der Waals surface area contributed by atoms with E-state index >= 15 is 0 Å². The minimum absolute atomic E-state index is 0.0823. The Balaban J connectivity index is 1.82. The Bertz CT molecular complexity index is 1260. The minimum atomic E-state index is -4.69. The van der Waals surface area contributed by atoms with Gasteiger partial charge in [-0.3, -0.25) is 4.79 Å². The van der Waals surface area contributed by atoms with Crippen LogP contribution in [0.3, 0.4) is 0 Å². The average molecular weight is 510 g/mol. The number of hydrogen-bond acceptors (Lipinski definition) is 5. The number of benzene rings is 2. The minimum Gasteiger partial charge on any atom is -0.467 e. The van der Waals surface area contributed by atoms with Crippen LogP contribution >= 0.6 is 0 Å². The smallest absolute Gasteiger partial charge is 0.416 e. The van der Waals surface area contributed by atoms with Crippen LogP contribution in [0.25, 0.3) is 0 Å². The monoisotopic (exact) mass is 509 g/mol. The lowest BCUT2D eigenvalue weighted by molar-refractivity contribution is -0.137. The van der Waals surface area contributed by atoms with Gasteiger partial charge in [-0.05, 0) is 53.4 Å². The maximum absolute atomic E-state index is 13.0. The fourth-order valence-electron chi connectivity index (χ4n) is 3.31. The van der Waals surface area contributed by atoms with E-state index in [1.54, 1.807) is 29.2 Å². The Morgan fingerprint density at radius 3 is 2.31 bits per heavy atom. The zero-order valence-electron chi connectivity index (χ0n) is 19.5. The first-order valence-corrected chi connectivity index (χ1v) is 12.1. The van der Waals surface area contributed by atoms with Gasteiger partial charge in [0.2, 0.25) is 5.91 Å². The number of halogens is 3. The van der Waals surface area contributed by atoms with Crippen LogP contribution in [0.1, 0.15) is 44.1 Å². The van der Waals surface area contributed by atoms with Gasteiger partial charge < -0.3 is 13.5 Å². The molecule has 0 atom stereocenters. The highest BCUT2D eigenvalue weighted by molar-refractivity contribution is 7.87. The maximum atomic E-state index is 13.0. The van der Waals surface area contributed by atoms with E-state index in [4.69, 9.17) is 8.60 Å². The van der Waals surface area contributed by atoms with E-state index in [1.807, 2.05) is 20.8 Å². The van der Waals surface area contributed by atoms with E-state index in [-0.39, 0.29) is 36.6 Å². The topological polar surface area (TPSA) is 76.8 Å². The first kappa shape index (κ1) is 26.3. The van der Waals surface area contributed by atoms with Crippen LogP contribution in [0.5, 0.6) is 5.75 Å². The quantitative estimate of drug-likeness (QED) is 0.347. The highest BCUT2D eigenvalue weighted by Crippen LogP contribution is 2.31. The second kappa shape index (κ2) is 10.2. The van der Waals surface area contributed by atoms with Crippen molar-refractivity contribution in [2.24, 2.45) is 5.41 Å². The number of carbonyl (C=O) groups excluding carboxylic acids is 1. The third-order valence-corrected chi connectivity index (χ3v) is 6.13. The predicted octanol–water partition coefficient (Wildman–Crippen LogP) is 6.03. The summed E-state index contributed by atoms with van der Waals surface area (Å²) in [5.41, 5.74) is -0.764. The molecule has 0 unspecified atom stereocenters. The van der Waals surface area contributed by atoms with Crippen molar-refractivity contribution in [1.82, 2.24) is 4.90 Å². The molecule has 0 bridgehead atoms. The van der Waals surface area contributed by atoms with Gasteiger partial charge in [-0.15, -0.1) is 0 Å². The Morgan fingerprint density at radius 1 is 0.971 bits per heavy atom. The van der Waals surface area contributed by atoms with Crippen LogP contribution in [0.2, 0.25) is 0 Å². The molecule has 2 aromatic carbocycles. The third kappa shape index (κ3) is 7.61. The van der Waals surface area contributed by atoms with Crippen molar-refractivity contribution >= 4 is 16.0 Å². The van der Waals surface area contributed by atoms with Crippen molar-refractivity contribution in [2.75, 3.05) is 0 Å². The van der Waals surface area contributed by atoms with Crippen LogP contribution < -0.4 is 4.18 Å². The lowest BCUT2D eigenvalue weighted by atomic mass is 9.91. The van der Waals surface area contributed by atoms with Crippen molar-refractivity contribution in [3.05, 3.63) is 83.8 Å². The van der Waals surface area contributed by atoms with Crippen LogP contribution in [0.15, 0.2) is 76.2 Å². The lowest BCUT2D eigenvalue weighted by Gasteiger charge is -2.26. The molecule has 0 spiro atoms. The van der Waals surface area contributed by atoms with Gasteiger partial charge in [-0.2, -0.15) is 21.6 Å². The molecule has 0 aliphatic rings. The maximum Gasteiger partial charge on any atom is 0.416 e. The van der Waals surface area contributed by atoms with Crippen molar-refractivity contribution in [1.29, 1.82) is 0 Å². The molecule has 3 rings (SSSR count). The van der Waals surface area contributed by atoms with Crippen LogP contribution in [-0.2, 0) is 34.2 Å². The first-order chi connectivity index (χ1) is 16.2. The van der Waals surface area contributed by atoms with E-state index in [0.29, 0.717) is 17.4 Å². The van der Waals surface area contributed by atoms with Crippen LogP contribution in [0, 0.1) is 5.41 Å². The van der Waals surface area contributed by atoms with E-state index in [1.165, 1.54) is 18.4 Å². The molecule has 0 saturated heterocycles. The Hall–Kier alpha value is -3.27. The molecule has 6 nitrogen and oxygen atoms in total. The fourth-order valence-corrected chi connectivity index (χ4v) is 4.28. The summed E-state index contributed by atoms with van der Waals surface area (Å²) in [5, 5.41) is 0. The van der Waals surface area contributed by atoms with Gasteiger partial charge in [0.25, 0.3) is 0 Å². The molecule has 10 heteroatoms. The molecule has 1 heterocycles. The highest BCUT2D eigenvalue weighted by atomic mass is 32.2. The van der Waals surface area contributed by atoms with E-state index < -0.39 is 26.8 Å². The zero-order chi connectivity index (χ0) is 25.9. The Morgan fingerprint density at radius 2 is 1.69 bits per heavy atom. The van der Waals surface area contributed by atoms with Gasteiger partial charge in [0, 0.05) is 13.0 Å². The number of rotatable bonds is 8. The second-order valence-corrected chi connectivity index (χ2v) is 10.8. The summed E-state index contributed by atoms with van der Waals surface area (Å²) < 4.78 is 74.7. The lowest BCUT2D eigenvalue weighted by Crippen LogP contribution is -2.32. The molecule has 0 fully saturated rings. The highest BCUT2D eigenvalue weighted by Gasteiger charge is 2.32. The number of carbonyl (C=O) groups is 1. The normalized spacial score (nSPS) is 12.4. The van der Waals surface area contributed by atoms with Crippen molar-refractivity contribution < 1.29 is 35.0 Å². The van der Waals surface area contributed by atoms with Crippen molar-refractivity contribution in [3.8, 4) is 5.75 Å². The van der Waals surface area contributed by atoms with Crippen LogP contribution in [-0.4, -0.2) is 19.2 Å². The summed E-state index contributed by atoms with van der Waals surface area (Å²) >= 11 is 0. The summed E-state index contributed by atoms with van der Waals surface area (Å²) in [6, 6.07) is 12.9. The summed E-state index contributed by atoms with van der Waals surface area (Å²) in [6.07, 6.45) is -2.90. The molecule has 0 aliphatic carbocycles. The molecule has 188 valence electrons. The number of hydrogen-bond donors (Lipinski definition) is 0. The SMILES string of the molecule is CC(C)(C)CC(=O)N(Cc1cccc(OS(=O)(=O)c2cccc(C(F)(F)F)c2)c1)Cc1ccco1. The standard InChI is InChI=1S/C25H26F3NO5S/c1-24(2,3)15-23(30)29(17-21-10-6-12-33-21)16-18-7-4-9-20(13-18)34-35(31,32)22-11-5-8-19(14-22)25(26,27)28/h4-14H,15-17H2,1-3H3. The molecular formula is C25H26F3NO5S. The number of amides is 1. The van der Waals surface area contributed by atoms with Crippen molar-refractivity contribution in [2.45, 2.75) is 51.4 Å². The molecule has 0 radical (unpaired) electrons. The average Bonchev–Trinajstić information content (AvgIpc) is 3.25. The summed E-state index contributed by atoms with van der Waals surface area (Å²) in [5.74, 6) is 0.393. The summed E-state index contributed by atoms with van der Waals surface area (Å²) in [6.45, 7) is 6.21. The molecule has 1 amide bonds. The van der Waals surface area contributed by atoms with Gasteiger partial charge >= 0.3 is 16.3 Å². The fraction of sp³-hybridized carbons (Fsp3) is 0.320. The van der Waals surface area contributed by atoms with Gasteiger partial charge in [0.15, 0.2) is 0 Å². The summed E-state index contributed by atoms with van der Waals surface area (Å²) in [7, 11) is -4.52. The van der Waals surface area contributed by atoms with E-state index in [2.05, 4.69) is 0 Å². The Kier molecular flexibility index (Phi) is 7.64. The summed E-state index contributed by atoms with van der Waals surface area (Å²) in [4.78, 5) is 13.9. The van der Waals surface area contributed by atoms with Crippen LogP contribution in [0.4, 0.5) is 13.2 Å². The Labute approximate surface area is 202 Å². The first-order valence-electron chi connectivity index (χ1n) is 10.7. The van der Waals surface area contributed by atoms with Gasteiger partial charge in [0.05, 0.1) is 18.4 Å². The zero-order valence-corrected chi connectivity index (χ0v) is 20.3. The van der Waals surface area contributed by atoms with E-state index in [0.717, 1.165) is 18.2 Å². The molecule has 35 heavy (non-hydrogen) atoms. The van der Waals surface area contributed by atoms with Gasteiger partial charge in [-0.1, -0.05) is 39.0 Å². The third-order valence-electron chi connectivity index (χ3n) is 4.89. The largest absolute Gasteiger partial charge is 0.467 e. The number of nitrogens with zero attached hydrogens (tertiary/aromatic N) is 1. The van der Waals surface area contributed by atoms with E-state index in [9.17, 15) is 26.4 Å². The molecule has 3 aromatic rings. The number of furan rings is 1. The molecule has 0 saturated carbocycles.